The Morgan fingerprint density at radius 2 is 1.78 bits per heavy atom. The maximum atomic E-state index is 14.8. The molecule has 3 aliphatic heterocycles. The quantitative estimate of drug-likeness (QED) is 0.156. The maximum absolute atomic E-state index is 14.8. The first-order valence-electron chi connectivity index (χ1n) is 15.7. The lowest BCUT2D eigenvalue weighted by atomic mass is 9.70. The van der Waals surface area contributed by atoms with Crippen LogP contribution in [0.3, 0.4) is 0 Å². The zero-order chi connectivity index (χ0) is 32.4. The van der Waals surface area contributed by atoms with Crippen LogP contribution >= 0.6 is 15.9 Å². The van der Waals surface area contributed by atoms with Crippen LogP contribution in [-0.4, -0.2) is 96.4 Å². The van der Waals surface area contributed by atoms with E-state index in [1.54, 1.807) is 31.5 Å². The molecule has 46 heavy (non-hydrogen) atoms. The summed E-state index contributed by atoms with van der Waals surface area (Å²) in [5, 5.41) is 17.9. The first kappa shape index (κ1) is 32.1. The van der Waals surface area contributed by atoms with Gasteiger partial charge >= 0.3 is 0 Å². The molecule has 3 unspecified atom stereocenters. The number of likely N-dealkylation sites (tertiary alicyclic amines) is 1. The number of amides is 3. The number of hydrogen-bond donors (Lipinski definition) is 1. The van der Waals surface area contributed by atoms with E-state index in [1.165, 1.54) is 0 Å². The molecule has 0 saturated carbocycles. The Morgan fingerprint density at radius 3 is 2.52 bits per heavy atom. The van der Waals surface area contributed by atoms with Crippen molar-refractivity contribution in [3.05, 3.63) is 79.9 Å². The minimum Gasteiger partial charge on any atom is -0.396 e. The van der Waals surface area contributed by atoms with Gasteiger partial charge in [0, 0.05) is 36.8 Å². The second-order valence-electron chi connectivity index (χ2n) is 12.1. The van der Waals surface area contributed by atoms with Gasteiger partial charge in [-0.2, -0.15) is 0 Å². The average molecular weight is 692 g/mol. The number of nitrogens with zero attached hydrogens (tertiary/aromatic N) is 6. The van der Waals surface area contributed by atoms with Gasteiger partial charge < -0.3 is 24.5 Å². The number of carbonyl (C=O) groups is 3. The van der Waals surface area contributed by atoms with Gasteiger partial charge in [0.1, 0.15) is 23.8 Å². The number of halogens is 1. The van der Waals surface area contributed by atoms with Crippen LogP contribution in [0.5, 0.6) is 0 Å². The van der Waals surface area contributed by atoms with Crippen LogP contribution in [-0.2, 0) is 25.8 Å². The van der Waals surface area contributed by atoms with Crippen LogP contribution < -0.4 is 4.90 Å². The second-order valence-corrected chi connectivity index (χ2v) is 13.3. The Labute approximate surface area is 276 Å². The summed E-state index contributed by atoms with van der Waals surface area (Å²) < 4.78 is 8.42. The van der Waals surface area contributed by atoms with Crippen molar-refractivity contribution in [1.29, 1.82) is 0 Å². The zero-order valence-corrected chi connectivity index (χ0v) is 27.2. The van der Waals surface area contributed by atoms with Crippen molar-refractivity contribution >= 4 is 50.4 Å². The van der Waals surface area contributed by atoms with Crippen molar-refractivity contribution in [1.82, 2.24) is 24.8 Å². The number of ether oxygens (including phenoxy) is 1. The van der Waals surface area contributed by atoms with Crippen LogP contribution in [0.2, 0.25) is 0 Å². The van der Waals surface area contributed by atoms with E-state index in [0.717, 1.165) is 5.52 Å². The number of aliphatic hydroxyl groups is 1. The summed E-state index contributed by atoms with van der Waals surface area (Å²) >= 11 is 3.78. The van der Waals surface area contributed by atoms with E-state index >= 15 is 0 Å². The maximum Gasteiger partial charge on any atom is 0.250 e. The molecule has 4 heterocycles. The Bertz CT molecular complexity index is 1620. The summed E-state index contributed by atoms with van der Waals surface area (Å²) in [7, 11) is 0. The molecule has 3 aromatic rings. The number of aliphatic hydroxyl groups excluding tert-OH is 1. The van der Waals surface area contributed by atoms with E-state index < -0.39 is 29.6 Å². The molecule has 242 valence electrons. The highest BCUT2D eigenvalue weighted by Crippen LogP contribution is 2.60. The van der Waals surface area contributed by atoms with Gasteiger partial charge in [0.05, 0.1) is 23.5 Å². The zero-order valence-electron chi connectivity index (χ0n) is 25.7. The molecular formula is C34H39BrN6O5. The monoisotopic (exact) mass is 690 g/mol. The van der Waals surface area contributed by atoms with Crippen molar-refractivity contribution in [3.63, 3.8) is 0 Å². The molecule has 1 aromatic heterocycles. The van der Waals surface area contributed by atoms with Gasteiger partial charge in [-0.15, -0.1) is 18.3 Å². The van der Waals surface area contributed by atoms with E-state index in [4.69, 9.17) is 4.74 Å². The Hall–Kier alpha value is -3.87. The number of alkyl halides is 1. The molecule has 6 atom stereocenters. The van der Waals surface area contributed by atoms with E-state index in [1.807, 2.05) is 54.6 Å². The van der Waals surface area contributed by atoms with Crippen LogP contribution in [0.25, 0.3) is 11.0 Å². The Morgan fingerprint density at radius 1 is 1.04 bits per heavy atom. The van der Waals surface area contributed by atoms with Gasteiger partial charge in [-0.25, -0.2) is 4.68 Å². The van der Waals surface area contributed by atoms with Gasteiger partial charge in [0.15, 0.2) is 0 Å². The molecule has 3 amide bonds. The lowest BCUT2D eigenvalue weighted by Gasteiger charge is -2.37. The standard InChI is InChI=1S/C34H39BrN6O5/c1-3-17-38(22-41-26-16-10-9-15-25(26)36-37-41)33(45)30-34-21-24(35)29(46-34)27(28(34)32(44)40(30)19-11-6-12-20-42)31(43)39(18-4-2)23-13-7-5-8-14-23/h3-5,7-10,13-16,24,27-30,42H,1-2,6,11-12,17-22H2/t24?,27-,28-,29-,30?,34?/m0/s1. The number of para-hydroxylation sites is 2. The molecule has 3 aliphatic rings. The minimum atomic E-state index is -1.20. The third-order valence-corrected chi connectivity index (χ3v) is 10.2. The third kappa shape index (κ3) is 5.46. The van der Waals surface area contributed by atoms with Crippen LogP contribution in [0.1, 0.15) is 25.7 Å². The predicted octanol–water partition coefficient (Wildman–Crippen LogP) is 3.53. The minimum absolute atomic E-state index is 0.0487. The third-order valence-electron chi connectivity index (χ3n) is 9.40. The molecule has 2 bridgehead atoms. The average Bonchev–Trinajstić information content (AvgIpc) is 3.79. The number of fused-ring (bicyclic) bond motifs is 2. The number of benzene rings is 2. The van der Waals surface area contributed by atoms with Crippen molar-refractivity contribution < 1.29 is 24.2 Å². The fourth-order valence-corrected chi connectivity index (χ4v) is 8.41. The SMILES string of the molecule is C=CCN(Cn1nnc2ccccc21)C(=O)C1N(CCCCCO)C(=O)[C@@H]2[C@H](C(=O)N(CC=C)c3ccccc3)[C@H]3OC12CC3Br. The van der Waals surface area contributed by atoms with Crippen molar-refractivity contribution in [2.75, 3.05) is 31.1 Å². The molecule has 6 rings (SSSR count). The van der Waals surface area contributed by atoms with Crippen molar-refractivity contribution in [2.45, 2.75) is 54.9 Å². The van der Waals surface area contributed by atoms with Gasteiger partial charge in [0.25, 0.3) is 0 Å². The summed E-state index contributed by atoms with van der Waals surface area (Å²) in [5.74, 6) is -2.41. The highest BCUT2D eigenvalue weighted by molar-refractivity contribution is 9.09. The first-order chi connectivity index (χ1) is 22.4. The number of anilines is 1. The summed E-state index contributed by atoms with van der Waals surface area (Å²) in [5.41, 5.74) is 0.977. The Kier molecular flexibility index (Phi) is 9.39. The second kappa shape index (κ2) is 13.5. The van der Waals surface area contributed by atoms with E-state index in [0.29, 0.717) is 43.4 Å². The molecule has 1 spiro atoms. The molecule has 1 N–H and O–H groups in total. The summed E-state index contributed by atoms with van der Waals surface area (Å²) in [6.07, 6.45) is 5.01. The number of carbonyl (C=O) groups excluding carboxylic acids is 3. The molecule has 0 aliphatic carbocycles. The molecule has 12 heteroatoms. The number of hydrogen-bond acceptors (Lipinski definition) is 7. The van der Waals surface area contributed by atoms with Gasteiger partial charge in [-0.1, -0.05) is 63.6 Å². The molecule has 2 aromatic carbocycles. The number of unbranched alkanes of at least 4 members (excludes halogenated alkanes) is 2. The predicted molar refractivity (Wildman–Crippen MR) is 177 cm³/mol. The van der Waals surface area contributed by atoms with Gasteiger partial charge in [-0.05, 0) is 49.9 Å². The Balaban J connectivity index is 1.38. The summed E-state index contributed by atoms with van der Waals surface area (Å²) in [4.78, 5) is 48.4. The lowest BCUT2D eigenvalue weighted by Crippen LogP contribution is -2.57. The largest absolute Gasteiger partial charge is 0.396 e. The van der Waals surface area contributed by atoms with E-state index in [9.17, 15) is 19.5 Å². The molecule has 3 saturated heterocycles. The number of rotatable bonds is 14. The smallest absolute Gasteiger partial charge is 0.250 e. The first-order valence-corrected chi connectivity index (χ1v) is 16.7. The summed E-state index contributed by atoms with van der Waals surface area (Å²) in [6.45, 7) is 8.68. The molecule has 3 fully saturated rings. The van der Waals surface area contributed by atoms with Crippen molar-refractivity contribution in [2.24, 2.45) is 11.8 Å². The van der Waals surface area contributed by atoms with Crippen LogP contribution in [0.15, 0.2) is 79.9 Å². The highest BCUT2D eigenvalue weighted by atomic mass is 79.9. The van der Waals surface area contributed by atoms with Crippen molar-refractivity contribution in [3.8, 4) is 0 Å². The lowest BCUT2D eigenvalue weighted by molar-refractivity contribution is -0.149. The van der Waals surface area contributed by atoms with E-state index in [-0.39, 0.29) is 48.9 Å². The van der Waals surface area contributed by atoms with Gasteiger partial charge in [-0.3, -0.25) is 14.4 Å². The molecule has 0 radical (unpaired) electrons. The summed E-state index contributed by atoms with van der Waals surface area (Å²) in [6, 6.07) is 15.9. The number of aromatic nitrogens is 3. The highest BCUT2D eigenvalue weighted by Gasteiger charge is 2.76. The topological polar surface area (TPSA) is 121 Å². The molecule has 11 nitrogen and oxygen atoms in total. The fourth-order valence-electron chi connectivity index (χ4n) is 7.47. The fraction of sp³-hybridized carbons (Fsp3) is 0.441. The van der Waals surface area contributed by atoms with Crippen LogP contribution in [0.4, 0.5) is 5.69 Å². The van der Waals surface area contributed by atoms with Crippen LogP contribution in [0, 0.1) is 11.8 Å². The normalized spacial score (nSPS) is 26.3. The molecular weight excluding hydrogens is 652 g/mol. The van der Waals surface area contributed by atoms with E-state index in [2.05, 4.69) is 39.4 Å². The van der Waals surface area contributed by atoms with Gasteiger partial charge in [0.2, 0.25) is 17.7 Å².